The van der Waals surface area contributed by atoms with E-state index in [4.69, 9.17) is 9.47 Å². The molecule has 0 saturated heterocycles. The van der Waals surface area contributed by atoms with E-state index in [1.165, 1.54) is 17.5 Å². The molecule has 0 saturated carbocycles. The van der Waals surface area contributed by atoms with Crippen molar-refractivity contribution in [2.24, 2.45) is 0 Å². The summed E-state index contributed by atoms with van der Waals surface area (Å²) in [5, 5.41) is 11.6. The highest BCUT2D eigenvalue weighted by atomic mass is 32.1. The summed E-state index contributed by atoms with van der Waals surface area (Å²) < 4.78 is 11.0. The molecule has 7 nitrogen and oxygen atoms in total. The molecule has 1 amide bonds. The number of pyridine rings is 1. The molecule has 0 aromatic carbocycles. The van der Waals surface area contributed by atoms with Crippen molar-refractivity contribution in [2.75, 3.05) is 18.5 Å². The number of aromatic nitrogens is 3. The molecule has 0 bridgehead atoms. The first kappa shape index (κ1) is 17.3. The quantitative estimate of drug-likeness (QED) is 0.816. The van der Waals surface area contributed by atoms with Crippen molar-refractivity contribution in [3.8, 4) is 5.88 Å². The lowest BCUT2D eigenvalue weighted by Crippen LogP contribution is -2.22. The van der Waals surface area contributed by atoms with Gasteiger partial charge in [0.1, 0.15) is 11.6 Å². The van der Waals surface area contributed by atoms with Gasteiger partial charge in [0.25, 0.3) is 5.91 Å². The second-order valence-corrected chi connectivity index (χ2v) is 6.96. The van der Waals surface area contributed by atoms with Gasteiger partial charge in [-0.2, -0.15) is 0 Å². The van der Waals surface area contributed by atoms with E-state index in [0.29, 0.717) is 29.8 Å². The standard InChI is InChI=1S/C15H20N4O3S/c1-10-18-19-14(23-10)17-13(20)11-5-6-12(16-9-11)21-7-8-22-15(2,3)4/h5-6,9H,7-8H2,1-4H3,(H,17,19,20). The first-order valence-corrected chi connectivity index (χ1v) is 7.99. The molecule has 0 radical (unpaired) electrons. The maximum Gasteiger partial charge on any atom is 0.259 e. The van der Waals surface area contributed by atoms with Crippen LogP contribution in [-0.2, 0) is 4.74 Å². The summed E-state index contributed by atoms with van der Waals surface area (Å²) in [4.78, 5) is 16.1. The second kappa shape index (κ2) is 7.47. The van der Waals surface area contributed by atoms with Crippen molar-refractivity contribution in [1.29, 1.82) is 0 Å². The summed E-state index contributed by atoms with van der Waals surface area (Å²) >= 11 is 1.32. The summed E-state index contributed by atoms with van der Waals surface area (Å²) in [7, 11) is 0. The number of carbonyl (C=O) groups excluding carboxylic acids is 1. The second-order valence-electron chi connectivity index (χ2n) is 5.77. The number of nitrogens with zero attached hydrogens (tertiary/aromatic N) is 3. The van der Waals surface area contributed by atoms with Crippen LogP contribution in [0, 0.1) is 6.92 Å². The third kappa shape index (κ3) is 5.91. The zero-order valence-corrected chi connectivity index (χ0v) is 14.4. The van der Waals surface area contributed by atoms with E-state index in [2.05, 4.69) is 20.5 Å². The molecule has 2 rings (SSSR count). The van der Waals surface area contributed by atoms with E-state index >= 15 is 0 Å². The predicted octanol–water partition coefficient (Wildman–Crippen LogP) is 2.69. The Hall–Kier alpha value is -2.06. The van der Waals surface area contributed by atoms with Crippen molar-refractivity contribution in [3.63, 3.8) is 0 Å². The van der Waals surface area contributed by atoms with E-state index < -0.39 is 0 Å². The number of rotatable bonds is 6. The molecule has 0 unspecified atom stereocenters. The summed E-state index contributed by atoms with van der Waals surface area (Å²) in [5.74, 6) is 0.169. The summed E-state index contributed by atoms with van der Waals surface area (Å²) in [6, 6.07) is 3.30. The largest absolute Gasteiger partial charge is 0.475 e. The zero-order chi connectivity index (χ0) is 16.9. The first-order valence-electron chi connectivity index (χ1n) is 7.18. The van der Waals surface area contributed by atoms with Gasteiger partial charge in [-0.15, -0.1) is 10.2 Å². The minimum atomic E-state index is -0.281. The van der Waals surface area contributed by atoms with Crippen LogP contribution in [0.5, 0.6) is 5.88 Å². The Morgan fingerprint density at radius 3 is 2.61 bits per heavy atom. The molecule has 124 valence electrons. The molecule has 0 aliphatic heterocycles. The molecule has 0 spiro atoms. The highest BCUT2D eigenvalue weighted by Gasteiger charge is 2.11. The number of nitrogens with one attached hydrogen (secondary N) is 1. The molecule has 2 aromatic rings. The first-order chi connectivity index (χ1) is 10.8. The molecule has 1 N–H and O–H groups in total. The fraction of sp³-hybridized carbons (Fsp3) is 0.467. The minimum absolute atomic E-state index is 0.193. The molecule has 0 atom stereocenters. The van der Waals surface area contributed by atoms with E-state index in [-0.39, 0.29) is 11.5 Å². The van der Waals surface area contributed by atoms with Crippen LogP contribution in [0.2, 0.25) is 0 Å². The van der Waals surface area contributed by atoms with Crippen LogP contribution >= 0.6 is 11.3 Å². The van der Waals surface area contributed by atoms with Crippen molar-refractivity contribution in [2.45, 2.75) is 33.3 Å². The third-order valence-corrected chi connectivity index (χ3v) is 3.37. The molecule has 2 heterocycles. The van der Waals surface area contributed by atoms with Gasteiger partial charge in [0, 0.05) is 12.3 Å². The Morgan fingerprint density at radius 2 is 2.04 bits per heavy atom. The van der Waals surface area contributed by atoms with Crippen molar-refractivity contribution >= 4 is 22.4 Å². The lowest BCUT2D eigenvalue weighted by atomic mass is 10.2. The Labute approximate surface area is 139 Å². The van der Waals surface area contributed by atoms with Crippen LogP contribution in [0.3, 0.4) is 0 Å². The smallest absolute Gasteiger partial charge is 0.259 e. The Balaban J connectivity index is 1.83. The highest BCUT2D eigenvalue weighted by molar-refractivity contribution is 7.15. The van der Waals surface area contributed by atoms with Gasteiger partial charge in [0.15, 0.2) is 0 Å². The fourth-order valence-electron chi connectivity index (χ4n) is 1.61. The van der Waals surface area contributed by atoms with Crippen molar-refractivity contribution in [1.82, 2.24) is 15.2 Å². The number of ether oxygens (including phenoxy) is 2. The number of anilines is 1. The van der Waals surface area contributed by atoms with Crippen LogP contribution < -0.4 is 10.1 Å². The number of aryl methyl sites for hydroxylation is 1. The maximum absolute atomic E-state index is 12.0. The number of amides is 1. The number of carbonyl (C=O) groups is 1. The molecular weight excluding hydrogens is 316 g/mol. The Bertz CT molecular complexity index is 649. The van der Waals surface area contributed by atoms with Gasteiger partial charge in [-0.05, 0) is 33.8 Å². The SMILES string of the molecule is Cc1nnc(NC(=O)c2ccc(OCCOC(C)(C)C)nc2)s1. The summed E-state index contributed by atoms with van der Waals surface area (Å²) in [6.07, 6.45) is 1.46. The van der Waals surface area contributed by atoms with E-state index in [1.807, 2.05) is 27.7 Å². The summed E-state index contributed by atoms with van der Waals surface area (Å²) in [5.41, 5.74) is 0.234. The van der Waals surface area contributed by atoms with Gasteiger partial charge < -0.3 is 9.47 Å². The number of hydrogen-bond donors (Lipinski definition) is 1. The van der Waals surface area contributed by atoms with Crippen LogP contribution in [0.25, 0.3) is 0 Å². The predicted molar refractivity (Wildman–Crippen MR) is 88.0 cm³/mol. The van der Waals surface area contributed by atoms with Crippen LogP contribution in [0.4, 0.5) is 5.13 Å². The molecular formula is C15H20N4O3S. The Kier molecular flexibility index (Phi) is 5.62. The monoisotopic (exact) mass is 336 g/mol. The highest BCUT2D eigenvalue weighted by Crippen LogP contribution is 2.15. The lowest BCUT2D eigenvalue weighted by molar-refractivity contribution is -0.0168. The molecule has 23 heavy (non-hydrogen) atoms. The van der Waals surface area contributed by atoms with Gasteiger partial charge in [0.05, 0.1) is 17.8 Å². The van der Waals surface area contributed by atoms with Crippen molar-refractivity contribution in [3.05, 3.63) is 28.9 Å². The van der Waals surface area contributed by atoms with E-state index in [1.54, 1.807) is 12.1 Å². The molecule has 8 heteroatoms. The van der Waals surface area contributed by atoms with Crippen LogP contribution in [-0.4, -0.2) is 39.9 Å². The average Bonchev–Trinajstić information content (AvgIpc) is 2.88. The fourth-order valence-corrected chi connectivity index (χ4v) is 2.20. The molecule has 0 aliphatic carbocycles. The maximum atomic E-state index is 12.0. The summed E-state index contributed by atoms with van der Waals surface area (Å²) in [6.45, 7) is 8.66. The van der Waals surface area contributed by atoms with Gasteiger partial charge in [-0.3, -0.25) is 10.1 Å². The molecule has 0 fully saturated rings. The third-order valence-electron chi connectivity index (χ3n) is 2.61. The normalized spacial score (nSPS) is 11.3. The van der Waals surface area contributed by atoms with E-state index in [0.717, 1.165) is 5.01 Å². The van der Waals surface area contributed by atoms with Gasteiger partial charge in [0.2, 0.25) is 11.0 Å². The van der Waals surface area contributed by atoms with Crippen LogP contribution in [0.15, 0.2) is 18.3 Å². The zero-order valence-electron chi connectivity index (χ0n) is 13.6. The van der Waals surface area contributed by atoms with Gasteiger partial charge in [-0.1, -0.05) is 11.3 Å². The average molecular weight is 336 g/mol. The van der Waals surface area contributed by atoms with Gasteiger partial charge >= 0.3 is 0 Å². The van der Waals surface area contributed by atoms with Crippen LogP contribution in [0.1, 0.15) is 36.1 Å². The minimum Gasteiger partial charge on any atom is -0.475 e. The van der Waals surface area contributed by atoms with Gasteiger partial charge in [-0.25, -0.2) is 4.98 Å². The topological polar surface area (TPSA) is 86.2 Å². The van der Waals surface area contributed by atoms with Crippen molar-refractivity contribution < 1.29 is 14.3 Å². The van der Waals surface area contributed by atoms with E-state index in [9.17, 15) is 4.79 Å². The molecule has 2 aromatic heterocycles. The number of hydrogen-bond acceptors (Lipinski definition) is 7. The Morgan fingerprint density at radius 1 is 1.26 bits per heavy atom. The molecule has 0 aliphatic rings. The lowest BCUT2D eigenvalue weighted by Gasteiger charge is -2.19.